The lowest BCUT2D eigenvalue weighted by atomic mass is 10.2. The molecule has 0 atom stereocenters. The molecule has 8 heteroatoms. The van der Waals surface area contributed by atoms with Crippen LogP contribution in [0.5, 0.6) is 11.5 Å². The summed E-state index contributed by atoms with van der Waals surface area (Å²) in [5, 5.41) is 5.24. The number of para-hydroxylation sites is 1. The molecule has 7 nitrogen and oxygen atoms in total. The van der Waals surface area contributed by atoms with E-state index in [1.165, 1.54) is 11.8 Å². The number of hydrogen-bond acceptors (Lipinski definition) is 7. The van der Waals surface area contributed by atoms with Gasteiger partial charge in [0.1, 0.15) is 5.76 Å². The first-order valence-electron chi connectivity index (χ1n) is 9.77. The molecule has 0 N–H and O–H groups in total. The van der Waals surface area contributed by atoms with Crippen molar-refractivity contribution in [2.24, 2.45) is 0 Å². The van der Waals surface area contributed by atoms with Gasteiger partial charge in [0.15, 0.2) is 16.7 Å². The van der Waals surface area contributed by atoms with Gasteiger partial charge in [-0.1, -0.05) is 35.1 Å². The smallest absolute Gasteiger partial charge is 0.262 e. The van der Waals surface area contributed by atoms with E-state index >= 15 is 0 Å². The van der Waals surface area contributed by atoms with Gasteiger partial charge >= 0.3 is 0 Å². The standard InChI is InChI=1S/C23H23N3O4S/c1-14-18(15(2)30-25-14)13-31-23-24-19-8-6-5-7-17(19)22(27)26(23)12-16-9-10-20(28-3)21(11-16)29-4/h5-11H,12-13H2,1-4H3. The fourth-order valence-corrected chi connectivity index (χ4v) is 4.56. The molecule has 31 heavy (non-hydrogen) atoms. The predicted octanol–water partition coefficient (Wildman–Crippen LogP) is 4.36. The minimum atomic E-state index is -0.0818. The molecule has 0 bridgehead atoms. The van der Waals surface area contributed by atoms with Crippen molar-refractivity contribution < 1.29 is 14.0 Å². The van der Waals surface area contributed by atoms with E-state index in [2.05, 4.69) is 5.16 Å². The number of ether oxygens (including phenoxy) is 2. The SMILES string of the molecule is COc1ccc(Cn2c(SCc3c(C)noc3C)nc3ccccc3c2=O)cc1OC. The molecule has 2 heterocycles. The summed E-state index contributed by atoms with van der Waals surface area (Å²) < 4.78 is 17.7. The fraction of sp³-hybridized carbons (Fsp3) is 0.261. The van der Waals surface area contributed by atoms with Crippen molar-refractivity contribution in [3.8, 4) is 11.5 Å². The Labute approximate surface area is 184 Å². The molecule has 0 saturated carbocycles. The van der Waals surface area contributed by atoms with Gasteiger partial charge in [-0.25, -0.2) is 4.98 Å². The van der Waals surface area contributed by atoms with Crippen LogP contribution in [0.2, 0.25) is 0 Å². The van der Waals surface area contributed by atoms with Crippen LogP contribution in [-0.4, -0.2) is 28.9 Å². The molecule has 2 aromatic carbocycles. The summed E-state index contributed by atoms with van der Waals surface area (Å²) in [6.07, 6.45) is 0. The molecular weight excluding hydrogens is 414 g/mol. The van der Waals surface area contributed by atoms with Crippen LogP contribution in [0.4, 0.5) is 0 Å². The highest BCUT2D eigenvalue weighted by Gasteiger charge is 2.16. The van der Waals surface area contributed by atoms with E-state index in [0.717, 1.165) is 22.6 Å². The van der Waals surface area contributed by atoms with E-state index in [1.807, 2.05) is 50.2 Å². The highest BCUT2D eigenvalue weighted by Crippen LogP contribution is 2.29. The van der Waals surface area contributed by atoms with Crippen molar-refractivity contribution in [3.63, 3.8) is 0 Å². The second kappa shape index (κ2) is 8.85. The van der Waals surface area contributed by atoms with Crippen molar-refractivity contribution in [1.29, 1.82) is 0 Å². The van der Waals surface area contributed by atoms with Gasteiger partial charge in [0.25, 0.3) is 5.56 Å². The Balaban J connectivity index is 1.76. The van der Waals surface area contributed by atoms with Gasteiger partial charge in [-0.05, 0) is 43.7 Å². The topological polar surface area (TPSA) is 79.4 Å². The van der Waals surface area contributed by atoms with Gasteiger partial charge in [-0.2, -0.15) is 0 Å². The molecule has 0 aliphatic rings. The molecule has 2 aromatic heterocycles. The minimum Gasteiger partial charge on any atom is -0.493 e. The number of hydrogen-bond donors (Lipinski definition) is 0. The minimum absolute atomic E-state index is 0.0818. The molecule has 0 saturated heterocycles. The van der Waals surface area contributed by atoms with Crippen LogP contribution < -0.4 is 15.0 Å². The maximum absolute atomic E-state index is 13.3. The second-order valence-electron chi connectivity index (χ2n) is 7.08. The van der Waals surface area contributed by atoms with Crippen molar-refractivity contribution in [2.45, 2.75) is 31.3 Å². The van der Waals surface area contributed by atoms with Crippen molar-refractivity contribution in [1.82, 2.24) is 14.7 Å². The Morgan fingerprint density at radius 3 is 2.55 bits per heavy atom. The molecule has 0 radical (unpaired) electrons. The third kappa shape index (κ3) is 4.16. The van der Waals surface area contributed by atoms with E-state index < -0.39 is 0 Å². The number of fused-ring (bicyclic) bond motifs is 1. The quantitative estimate of drug-likeness (QED) is 0.314. The van der Waals surface area contributed by atoms with Crippen molar-refractivity contribution in [2.75, 3.05) is 14.2 Å². The molecular formula is C23H23N3O4S. The van der Waals surface area contributed by atoms with Crippen molar-refractivity contribution in [3.05, 3.63) is 75.4 Å². The van der Waals surface area contributed by atoms with Crippen LogP contribution >= 0.6 is 11.8 Å². The lowest BCUT2D eigenvalue weighted by molar-refractivity contribution is 0.354. The summed E-state index contributed by atoms with van der Waals surface area (Å²) in [5.41, 5.74) is 3.37. The third-order valence-corrected chi connectivity index (χ3v) is 6.14. The summed E-state index contributed by atoms with van der Waals surface area (Å²) in [6, 6.07) is 13.0. The van der Waals surface area contributed by atoms with Crippen LogP contribution in [0, 0.1) is 13.8 Å². The van der Waals surface area contributed by atoms with E-state index in [-0.39, 0.29) is 5.56 Å². The molecule has 0 amide bonds. The molecule has 4 aromatic rings. The summed E-state index contributed by atoms with van der Waals surface area (Å²) in [4.78, 5) is 18.1. The van der Waals surface area contributed by atoms with E-state index in [1.54, 1.807) is 24.9 Å². The lowest BCUT2D eigenvalue weighted by Gasteiger charge is -2.15. The van der Waals surface area contributed by atoms with Gasteiger partial charge < -0.3 is 14.0 Å². The Bertz CT molecular complexity index is 1280. The average Bonchev–Trinajstić information content (AvgIpc) is 3.11. The third-order valence-electron chi connectivity index (χ3n) is 5.14. The summed E-state index contributed by atoms with van der Waals surface area (Å²) in [7, 11) is 3.19. The summed E-state index contributed by atoms with van der Waals surface area (Å²) in [5.74, 6) is 2.65. The van der Waals surface area contributed by atoms with Crippen LogP contribution in [-0.2, 0) is 12.3 Å². The maximum atomic E-state index is 13.3. The number of aromatic nitrogens is 3. The van der Waals surface area contributed by atoms with Crippen LogP contribution in [0.1, 0.15) is 22.6 Å². The normalized spacial score (nSPS) is 11.1. The van der Waals surface area contributed by atoms with Gasteiger partial charge in [-0.3, -0.25) is 9.36 Å². The first kappa shape index (κ1) is 21.0. The zero-order valence-electron chi connectivity index (χ0n) is 17.8. The van der Waals surface area contributed by atoms with Crippen LogP contribution in [0.25, 0.3) is 10.9 Å². The molecule has 0 aliphatic heterocycles. The maximum Gasteiger partial charge on any atom is 0.262 e. The average molecular weight is 438 g/mol. The van der Waals surface area contributed by atoms with E-state index in [9.17, 15) is 4.79 Å². The van der Waals surface area contributed by atoms with Crippen LogP contribution in [0.3, 0.4) is 0 Å². The number of methoxy groups -OCH3 is 2. The molecule has 4 rings (SSSR count). The Morgan fingerprint density at radius 2 is 1.84 bits per heavy atom. The molecule has 0 spiro atoms. The molecule has 160 valence electrons. The van der Waals surface area contributed by atoms with E-state index in [0.29, 0.717) is 39.9 Å². The second-order valence-corrected chi connectivity index (χ2v) is 8.03. The highest BCUT2D eigenvalue weighted by atomic mass is 32.2. The number of aryl methyl sites for hydroxylation is 2. The van der Waals surface area contributed by atoms with Gasteiger partial charge in [0.05, 0.1) is 37.4 Å². The number of nitrogens with zero attached hydrogens (tertiary/aromatic N) is 3. The Hall–Kier alpha value is -3.26. The Kier molecular flexibility index (Phi) is 5.99. The molecule has 0 aliphatic carbocycles. The first-order chi connectivity index (χ1) is 15.0. The lowest BCUT2D eigenvalue weighted by Crippen LogP contribution is -2.24. The largest absolute Gasteiger partial charge is 0.493 e. The van der Waals surface area contributed by atoms with E-state index in [4.69, 9.17) is 19.0 Å². The Morgan fingerprint density at radius 1 is 1.06 bits per heavy atom. The highest BCUT2D eigenvalue weighted by molar-refractivity contribution is 7.98. The first-order valence-corrected chi connectivity index (χ1v) is 10.8. The zero-order chi connectivity index (χ0) is 22.0. The number of rotatable bonds is 7. The van der Waals surface area contributed by atoms with Gasteiger partial charge in [0, 0.05) is 11.3 Å². The van der Waals surface area contributed by atoms with Gasteiger partial charge in [0.2, 0.25) is 0 Å². The summed E-state index contributed by atoms with van der Waals surface area (Å²) in [6.45, 7) is 4.16. The fourth-order valence-electron chi connectivity index (χ4n) is 3.40. The number of thioether (sulfide) groups is 1. The molecule has 0 fully saturated rings. The van der Waals surface area contributed by atoms with Crippen molar-refractivity contribution >= 4 is 22.7 Å². The monoisotopic (exact) mass is 437 g/mol. The van der Waals surface area contributed by atoms with Gasteiger partial charge in [-0.15, -0.1) is 0 Å². The molecule has 0 unspecified atom stereocenters. The van der Waals surface area contributed by atoms with Crippen LogP contribution in [0.15, 0.2) is 56.9 Å². The predicted molar refractivity (Wildman–Crippen MR) is 120 cm³/mol. The zero-order valence-corrected chi connectivity index (χ0v) is 18.7. The number of benzene rings is 2. The summed E-state index contributed by atoms with van der Waals surface area (Å²) >= 11 is 1.49.